The Morgan fingerprint density at radius 2 is 1.58 bits per heavy atom. The number of aromatic nitrogens is 1. The highest BCUT2D eigenvalue weighted by Gasteiger charge is 2.10. The third kappa shape index (κ3) is 3.57. The molecule has 0 aliphatic rings. The van der Waals surface area contributed by atoms with Crippen molar-refractivity contribution in [2.45, 2.75) is 27.7 Å². The largest absolute Gasteiger partial charge is 0.318 e. The smallest absolute Gasteiger partial charge is 0.269 e. The average molecular weight is 347 g/mol. The summed E-state index contributed by atoms with van der Waals surface area (Å²) < 4.78 is 2.22. The van der Waals surface area contributed by atoms with E-state index in [-0.39, 0.29) is 5.69 Å². The summed E-state index contributed by atoms with van der Waals surface area (Å²) in [6.45, 7) is 8.35. The van der Waals surface area contributed by atoms with Gasteiger partial charge in [-0.3, -0.25) is 15.1 Å². The van der Waals surface area contributed by atoms with E-state index < -0.39 is 4.92 Å². The summed E-state index contributed by atoms with van der Waals surface area (Å²) >= 11 is 0. The van der Waals surface area contributed by atoms with Gasteiger partial charge in [0, 0.05) is 41.0 Å². The number of hydrogen-bond acceptors (Lipinski definition) is 3. The molecule has 1 aromatic heterocycles. The van der Waals surface area contributed by atoms with E-state index in [1.165, 1.54) is 23.3 Å². The lowest BCUT2D eigenvalue weighted by Gasteiger charge is -2.11. The molecule has 1 heterocycles. The summed E-state index contributed by atoms with van der Waals surface area (Å²) in [4.78, 5) is 14.8. The zero-order valence-electron chi connectivity index (χ0n) is 15.4. The van der Waals surface area contributed by atoms with Crippen molar-refractivity contribution in [1.82, 2.24) is 4.57 Å². The number of nitro benzene ring substituents is 1. The standard InChI is InChI=1S/C21H21N3O2/c1-14-9-15(2)11-21(10-14)23-16(3)12-18(17(23)4)13-22-19-5-7-20(8-6-19)24(25)26/h5-13H,1-4H3. The van der Waals surface area contributed by atoms with Crippen LogP contribution in [0.15, 0.2) is 53.5 Å². The highest BCUT2D eigenvalue weighted by Crippen LogP contribution is 2.23. The number of non-ortho nitro benzene ring substituents is 1. The van der Waals surface area contributed by atoms with Crippen molar-refractivity contribution < 1.29 is 4.92 Å². The predicted molar refractivity (Wildman–Crippen MR) is 105 cm³/mol. The van der Waals surface area contributed by atoms with E-state index in [1.807, 2.05) is 6.21 Å². The van der Waals surface area contributed by atoms with Gasteiger partial charge in [0.2, 0.25) is 0 Å². The molecule has 0 atom stereocenters. The maximum atomic E-state index is 10.7. The Kier molecular flexibility index (Phi) is 4.71. The minimum Gasteiger partial charge on any atom is -0.318 e. The van der Waals surface area contributed by atoms with Gasteiger partial charge in [0.15, 0.2) is 0 Å². The maximum Gasteiger partial charge on any atom is 0.269 e. The van der Waals surface area contributed by atoms with Gasteiger partial charge < -0.3 is 4.57 Å². The molecule has 0 aliphatic heterocycles. The van der Waals surface area contributed by atoms with Gasteiger partial charge >= 0.3 is 0 Å². The van der Waals surface area contributed by atoms with Gasteiger partial charge in [-0.2, -0.15) is 0 Å². The number of nitrogens with zero attached hydrogens (tertiary/aromatic N) is 3. The Hall–Kier alpha value is -3.21. The summed E-state index contributed by atoms with van der Waals surface area (Å²) in [7, 11) is 0. The second kappa shape index (κ2) is 6.96. The van der Waals surface area contributed by atoms with Crippen LogP contribution in [0.2, 0.25) is 0 Å². The number of hydrogen-bond donors (Lipinski definition) is 0. The first-order valence-corrected chi connectivity index (χ1v) is 8.41. The van der Waals surface area contributed by atoms with Crippen molar-refractivity contribution in [3.63, 3.8) is 0 Å². The van der Waals surface area contributed by atoms with Crippen LogP contribution in [0.5, 0.6) is 0 Å². The molecule has 0 saturated carbocycles. The van der Waals surface area contributed by atoms with E-state index in [1.54, 1.807) is 12.1 Å². The van der Waals surface area contributed by atoms with Crippen LogP contribution >= 0.6 is 0 Å². The van der Waals surface area contributed by atoms with E-state index >= 15 is 0 Å². The Bertz CT molecular complexity index is 979. The first-order chi connectivity index (χ1) is 12.3. The molecule has 0 saturated heterocycles. The van der Waals surface area contributed by atoms with E-state index in [2.05, 4.69) is 61.5 Å². The monoisotopic (exact) mass is 347 g/mol. The fourth-order valence-corrected chi connectivity index (χ4v) is 3.20. The first-order valence-electron chi connectivity index (χ1n) is 8.41. The number of benzene rings is 2. The zero-order valence-corrected chi connectivity index (χ0v) is 15.4. The summed E-state index contributed by atoms with van der Waals surface area (Å²) in [5.41, 5.74) is 7.63. The van der Waals surface area contributed by atoms with Crippen LogP contribution in [-0.2, 0) is 0 Å². The molecular weight excluding hydrogens is 326 g/mol. The lowest BCUT2D eigenvalue weighted by Crippen LogP contribution is -2.00. The molecule has 0 radical (unpaired) electrons. The van der Waals surface area contributed by atoms with Crippen molar-refractivity contribution in [3.8, 4) is 5.69 Å². The molecule has 0 spiro atoms. The fraction of sp³-hybridized carbons (Fsp3) is 0.190. The normalized spacial score (nSPS) is 11.2. The van der Waals surface area contributed by atoms with Gasteiger partial charge in [0.1, 0.15) is 0 Å². The lowest BCUT2D eigenvalue weighted by molar-refractivity contribution is -0.384. The minimum atomic E-state index is -0.412. The van der Waals surface area contributed by atoms with Gasteiger partial charge in [-0.25, -0.2) is 0 Å². The molecular formula is C21H21N3O2. The molecule has 5 nitrogen and oxygen atoms in total. The fourth-order valence-electron chi connectivity index (χ4n) is 3.20. The van der Waals surface area contributed by atoms with E-state index in [0.29, 0.717) is 5.69 Å². The zero-order chi connectivity index (χ0) is 18.8. The van der Waals surface area contributed by atoms with Gasteiger partial charge in [-0.15, -0.1) is 0 Å². The summed E-state index contributed by atoms with van der Waals surface area (Å²) in [5.74, 6) is 0. The molecule has 0 unspecified atom stereocenters. The Morgan fingerprint density at radius 1 is 0.962 bits per heavy atom. The third-order valence-electron chi connectivity index (χ3n) is 4.35. The quantitative estimate of drug-likeness (QED) is 0.362. The molecule has 3 aromatic rings. The molecule has 3 rings (SSSR count). The van der Waals surface area contributed by atoms with Crippen LogP contribution in [-0.4, -0.2) is 15.7 Å². The van der Waals surface area contributed by atoms with Crippen LogP contribution in [0.25, 0.3) is 5.69 Å². The van der Waals surface area contributed by atoms with Crippen LogP contribution in [0.1, 0.15) is 28.1 Å². The molecule has 0 amide bonds. The number of aliphatic imine (C=N–C) groups is 1. The van der Waals surface area contributed by atoms with Gasteiger partial charge in [0.05, 0.1) is 10.6 Å². The Balaban J connectivity index is 1.93. The van der Waals surface area contributed by atoms with Gasteiger partial charge in [-0.1, -0.05) is 6.07 Å². The van der Waals surface area contributed by atoms with E-state index in [0.717, 1.165) is 22.6 Å². The van der Waals surface area contributed by atoms with Crippen molar-refractivity contribution in [2.75, 3.05) is 0 Å². The molecule has 5 heteroatoms. The molecule has 2 aromatic carbocycles. The van der Waals surface area contributed by atoms with Crippen molar-refractivity contribution in [2.24, 2.45) is 4.99 Å². The lowest BCUT2D eigenvalue weighted by atomic mass is 10.1. The topological polar surface area (TPSA) is 60.4 Å². The molecule has 0 aliphatic carbocycles. The van der Waals surface area contributed by atoms with Crippen molar-refractivity contribution in [1.29, 1.82) is 0 Å². The van der Waals surface area contributed by atoms with Crippen molar-refractivity contribution >= 4 is 17.6 Å². The summed E-state index contributed by atoms with van der Waals surface area (Å²) in [5, 5.41) is 10.7. The molecule has 0 bridgehead atoms. The Labute approximate surface area is 152 Å². The average Bonchev–Trinajstić information content (AvgIpc) is 2.86. The van der Waals surface area contributed by atoms with E-state index in [4.69, 9.17) is 0 Å². The third-order valence-corrected chi connectivity index (χ3v) is 4.35. The number of nitro groups is 1. The predicted octanol–water partition coefficient (Wildman–Crippen LogP) is 5.37. The minimum absolute atomic E-state index is 0.0666. The molecule has 132 valence electrons. The number of aryl methyl sites for hydroxylation is 3. The SMILES string of the molecule is Cc1cc(C)cc(-n2c(C)cc(C=Nc3ccc([N+](=O)[O-])cc3)c2C)c1. The highest BCUT2D eigenvalue weighted by atomic mass is 16.6. The first kappa shape index (κ1) is 17.6. The van der Waals surface area contributed by atoms with Crippen LogP contribution in [0.4, 0.5) is 11.4 Å². The van der Waals surface area contributed by atoms with Crippen LogP contribution in [0, 0.1) is 37.8 Å². The molecule has 0 N–H and O–H groups in total. The summed E-state index contributed by atoms with van der Waals surface area (Å²) in [6.07, 6.45) is 1.81. The van der Waals surface area contributed by atoms with Gasteiger partial charge in [0.25, 0.3) is 5.69 Å². The van der Waals surface area contributed by atoms with Gasteiger partial charge in [-0.05, 0) is 69.2 Å². The van der Waals surface area contributed by atoms with Crippen LogP contribution < -0.4 is 0 Å². The summed E-state index contributed by atoms with van der Waals surface area (Å²) in [6, 6.07) is 14.8. The maximum absolute atomic E-state index is 10.7. The van der Waals surface area contributed by atoms with E-state index in [9.17, 15) is 10.1 Å². The molecule has 0 fully saturated rings. The van der Waals surface area contributed by atoms with Crippen LogP contribution in [0.3, 0.4) is 0 Å². The molecule has 26 heavy (non-hydrogen) atoms. The Morgan fingerprint density at radius 3 is 2.15 bits per heavy atom. The number of rotatable bonds is 4. The second-order valence-electron chi connectivity index (χ2n) is 6.54. The highest BCUT2D eigenvalue weighted by molar-refractivity contribution is 5.84. The second-order valence-corrected chi connectivity index (χ2v) is 6.54. The van der Waals surface area contributed by atoms with Crippen molar-refractivity contribution in [3.05, 3.63) is 86.7 Å².